The summed E-state index contributed by atoms with van der Waals surface area (Å²) in [5, 5.41) is 2.79. The van der Waals surface area contributed by atoms with Crippen molar-refractivity contribution in [3.8, 4) is 0 Å². The van der Waals surface area contributed by atoms with Crippen molar-refractivity contribution in [3.05, 3.63) is 0 Å². The first kappa shape index (κ1) is 5.65. The van der Waals surface area contributed by atoms with Gasteiger partial charge in [0, 0.05) is 0 Å². The van der Waals surface area contributed by atoms with Crippen LogP contribution < -0.4 is 11.1 Å². The molecule has 0 aliphatic rings. The fourth-order valence-electron chi connectivity index (χ4n) is 0. The van der Waals surface area contributed by atoms with Crippen LogP contribution in [-0.2, 0) is 0 Å². The normalized spacial score (nSPS) is 15.0. The molecule has 0 saturated heterocycles. The van der Waals surface area contributed by atoms with Gasteiger partial charge in [-0.1, -0.05) is 0 Å². The minimum Gasteiger partial charge on any atom is -0.308 e. The van der Waals surface area contributed by atoms with E-state index in [9.17, 15) is 0 Å². The van der Waals surface area contributed by atoms with E-state index in [1.807, 2.05) is 7.05 Å². The molecule has 1 atom stereocenters. The number of hydrogen-bond acceptors (Lipinski definition) is 2. The van der Waals surface area contributed by atoms with Crippen molar-refractivity contribution in [3.63, 3.8) is 0 Å². The highest BCUT2D eigenvalue weighted by Gasteiger charge is 1.79. The molecule has 0 rings (SSSR count). The molecule has 3 heteroatoms. The summed E-state index contributed by atoms with van der Waals surface area (Å²) < 4.78 is 0.104. The Morgan fingerprint density at radius 3 is 2.20 bits per heavy atom. The molecule has 5 heavy (non-hydrogen) atoms. The van der Waals surface area contributed by atoms with E-state index >= 15 is 0 Å². The van der Waals surface area contributed by atoms with Crippen LogP contribution in [0.2, 0.25) is 0 Å². The quantitative estimate of drug-likeness (QED) is 0.259. The van der Waals surface area contributed by atoms with Gasteiger partial charge >= 0.3 is 0 Å². The Hall–Kier alpha value is 0.650. The van der Waals surface area contributed by atoms with Gasteiger partial charge in [-0.3, -0.25) is 5.32 Å². The molecule has 0 aliphatic carbocycles. The van der Waals surface area contributed by atoms with E-state index in [4.69, 9.17) is 5.73 Å². The highest BCUT2D eigenvalue weighted by Crippen LogP contribution is 1.78. The molecule has 0 saturated carbocycles. The van der Waals surface area contributed by atoms with Crippen molar-refractivity contribution < 1.29 is 0 Å². The second-order valence-corrected chi connectivity index (χ2v) is 2.03. The van der Waals surface area contributed by atoms with Gasteiger partial charge in [0.05, 0.1) is 0 Å². The van der Waals surface area contributed by atoms with Crippen LogP contribution in [0.4, 0.5) is 0 Å². The standard InChI is InChI=1S/C2H7IN2/c1-5-2(3)4/h2,5H,4H2,1H3. The third-order valence-electron chi connectivity index (χ3n) is 0.276. The zero-order chi connectivity index (χ0) is 4.28. The molecule has 0 aromatic heterocycles. The van der Waals surface area contributed by atoms with E-state index in [1.54, 1.807) is 0 Å². The molecule has 3 N–H and O–H groups in total. The number of alkyl halides is 1. The maximum atomic E-state index is 5.17. The summed E-state index contributed by atoms with van der Waals surface area (Å²) in [4.78, 5) is 0. The Morgan fingerprint density at radius 2 is 2.20 bits per heavy atom. The average molecular weight is 186 g/mol. The summed E-state index contributed by atoms with van der Waals surface area (Å²) >= 11 is 2.07. The lowest BCUT2D eigenvalue weighted by Crippen LogP contribution is -2.26. The van der Waals surface area contributed by atoms with E-state index in [-0.39, 0.29) is 4.17 Å². The van der Waals surface area contributed by atoms with E-state index in [0.717, 1.165) is 0 Å². The zero-order valence-corrected chi connectivity index (χ0v) is 5.19. The summed E-state index contributed by atoms with van der Waals surface area (Å²) in [6.07, 6.45) is 0. The van der Waals surface area contributed by atoms with E-state index < -0.39 is 0 Å². The molecule has 0 aromatic rings. The fourth-order valence-corrected chi connectivity index (χ4v) is 0. The summed E-state index contributed by atoms with van der Waals surface area (Å²) in [6.45, 7) is 0. The Bertz CT molecular complexity index is 21.6. The number of rotatable bonds is 1. The van der Waals surface area contributed by atoms with Crippen LogP contribution in [-0.4, -0.2) is 11.2 Å². The Labute approximate surface area is 45.3 Å². The molecular formula is C2H7IN2. The molecule has 0 fully saturated rings. The van der Waals surface area contributed by atoms with E-state index in [1.165, 1.54) is 0 Å². The van der Waals surface area contributed by atoms with E-state index in [2.05, 4.69) is 27.9 Å². The summed E-state index contributed by atoms with van der Waals surface area (Å²) in [6, 6.07) is 0. The molecule has 0 aromatic carbocycles. The van der Waals surface area contributed by atoms with Gasteiger partial charge in [-0.15, -0.1) is 0 Å². The number of hydrogen-bond donors (Lipinski definition) is 2. The molecule has 0 amide bonds. The molecule has 0 aliphatic heterocycles. The van der Waals surface area contributed by atoms with Crippen molar-refractivity contribution >= 4 is 22.6 Å². The molecular weight excluding hydrogens is 179 g/mol. The topological polar surface area (TPSA) is 38.0 Å². The second-order valence-electron chi connectivity index (χ2n) is 0.690. The smallest absolute Gasteiger partial charge is 0.108 e. The minimum absolute atomic E-state index is 0.104. The lowest BCUT2D eigenvalue weighted by molar-refractivity contribution is 0.804. The van der Waals surface area contributed by atoms with Crippen molar-refractivity contribution in [2.75, 3.05) is 7.05 Å². The van der Waals surface area contributed by atoms with Crippen LogP contribution in [0.5, 0.6) is 0 Å². The first-order valence-electron chi connectivity index (χ1n) is 1.34. The third kappa shape index (κ3) is 4.65. The second kappa shape index (κ2) is 2.87. The number of nitrogens with two attached hydrogens (primary N) is 1. The molecule has 32 valence electrons. The van der Waals surface area contributed by atoms with Gasteiger partial charge in [0.25, 0.3) is 0 Å². The van der Waals surface area contributed by atoms with Crippen LogP contribution in [0, 0.1) is 0 Å². The molecule has 0 spiro atoms. The molecule has 0 bridgehead atoms. The predicted molar refractivity (Wildman–Crippen MR) is 31.1 cm³/mol. The molecule has 0 heterocycles. The van der Waals surface area contributed by atoms with Crippen molar-refractivity contribution in [2.45, 2.75) is 4.17 Å². The Balaban J connectivity index is 2.54. The van der Waals surface area contributed by atoms with E-state index in [0.29, 0.717) is 0 Å². The molecule has 2 nitrogen and oxygen atoms in total. The number of nitrogens with one attached hydrogen (secondary N) is 1. The fraction of sp³-hybridized carbons (Fsp3) is 1.00. The SMILES string of the molecule is CNC(N)I. The van der Waals surface area contributed by atoms with Gasteiger partial charge in [-0.05, 0) is 29.6 Å². The van der Waals surface area contributed by atoms with Crippen LogP contribution in [0.15, 0.2) is 0 Å². The monoisotopic (exact) mass is 186 g/mol. The van der Waals surface area contributed by atoms with Crippen LogP contribution in [0.1, 0.15) is 0 Å². The van der Waals surface area contributed by atoms with Gasteiger partial charge in [0.15, 0.2) is 0 Å². The van der Waals surface area contributed by atoms with Crippen molar-refractivity contribution in [1.82, 2.24) is 5.32 Å². The Kier molecular flexibility index (Phi) is 3.24. The maximum absolute atomic E-state index is 5.17. The zero-order valence-electron chi connectivity index (χ0n) is 3.03. The van der Waals surface area contributed by atoms with Crippen LogP contribution >= 0.6 is 22.6 Å². The maximum Gasteiger partial charge on any atom is 0.108 e. The third-order valence-corrected chi connectivity index (χ3v) is 0.899. The predicted octanol–water partition coefficient (Wildman–Crippen LogP) is -0.117. The van der Waals surface area contributed by atoms with Crippen LogP contribution in [0.3, 0.4) is 0 Å². The van der Waals surface area contributed by atoms with Crippen molar-refractivity contribution in [2.24, 2.45) is 5.73 Å². The van der Waals surface area contributed by atoms with Gasteiger partial charge in [-0.2, -0.15) is 0 Å². The van der Waals surface area contributed by atoms with Gasteiger partial charge in [-0.25, -0.2) is 0 Å². The highest BCUT2D eigenvalue weighted by molar-refractivity contribution is 14.1. The highest BCUT2D eigenvalue weighted by atomic mass is 127. The number of halogens is 1. The lowest BCUT2D eigenvalue weighted by Gasteiger charge is -1.93. The largest absolute Gasteiger partial charge is 0.308 e. The van der Waals surface area contributed by atoms with Gasteiger partial charge in [0.2, 0.25) is 0 Å². The minimum atomic E-state index is 0.104. The van der Waals surface area contributed by atoms with Gasteiger partial charge < -0.3 is 5.73 Å². The molecule has 1 unspecified atom stereocenters. The first-order chi connectivity index (χ1) is 2.27. The summed E-state index contributed by atoms with van der Waals surface area (Å²) in [5.74, 6) is 0. The summed E-state index contributed by atoms with van der Waals surface area (Å²) in [5.41, 5.74) is 5.17. The van der Waals surface area contributed by atoms with Crippen LogP contribution in [0.25, 0.3) is 0 Å². The molecule has 0 radical (unpaired) electrons. The lowest BCUT2D eigenvalue weighted by atomic mass is 11.1. The first-order valence-corrected chi connectivity index (χ1v) is 2.59. The average Bonchev–Trinajstić information content (AvgIpc) is 1.38. The van der Waals surface area contributed by atoms with Gasteiger partial charge in [0.1, 0.15) is 4.17 Å². The summed E-state index contributed by atoms with van der Waals surface area (Å²) in [7, 11) is 1.82. The van der Waals surface area contributed by atoms with Crippen molar-refractivity contribution in [1.29, 1.82) is 0 Å². The Morgan fingerprint density at radius 1 is 2.00 bits per heavy atom.